The molecule has 70 heavy (non-hydrogen) atoms. The van der Waals surface area contributed by atoms with Gasteiger partial charge in [-0.15, -0.1) is 0 Å². The minimum Gasteiger partial charge on any atom is -0.494 e. The van der Waals surface area contributed by atoms with Crippen LogP contribution in [0.2, 0.25) is 0 Å². The monoisotopic (exact) mass is 969 g/mol. The van der Waals surface area contributed by atoms with Crippen molar-refractivity contribution in [1.82, 2.24) is 44.0 Å². The number of H-pyrrole nitrogens is 2. The van der Waals surface area contributed by atoms with Gasteiger partial charge in [-0.3, -0.25) is 33.3 Å². The molecular formula is C45H55N13O12. The highest BCUT2D eigenvalue weighted by molar-refractivity contribution is 6.00. The minimum absolute atomic E-state index is 0.00627. The number of rotatable bonds is 18. The lowest BCUT2D eigenvalue weighted by molar-refractivity contribution is -0.262. The van der Waals surface area contributed by atoms with Gasteiger partial charge in [-0.1, -0.05) is 12.2 Å². The third-order valence-electron chi connectivity index (χ3n) is 11.5. The normalized spacial score (nSPS) is 18.8. The second kappa shape index (κ2) is 21.3. The molecule has 7 rings (SSSR count). The first-order chi connectivity index (χ1) is 33.5. The number of carbonyl (C=O) groups excluding carboxylic acids is 5. The summed E-state index contributed by atoms with van der Waals surface area (Å²) in [6.07, 6.45) is -2.21. The molecule has 25 heteroatoms. The lowest BCUT2D eigenvalue weighted by atomic mass is 9.97. The number of allylic oxidation sites excluding steroid dienone is 2. The van der Waals surface area contributed by atoms with E-state index >= 15 is 0 Å². The number of aliphatic hydroxyl groups is 3. The van der Waals surface area contributed by atoms with Crippen molar-refractivity contribution in [2.45, 2.75) is 90.9 Å². The number of carbonyl (C=O) groups is 5. The van der Waals surface area contributed by atoms with E-state index in [9.17, 15) is 39.3 Å². The number of aromatic nitrogens is 8. The number of methoxy groups -OCH3 is 2. The first kappa shape index (κ1) is 50.2. The van der Waals surface area contributed by atoms with Crippen LogP contribution in [0.5, 0.6) is 11.5 Å². The van der Waals surface area contributed by atoms with E-state index in [-0.39, 0.29) is 76.9 Å². The molecule has 10 N–H and O–H groups in total. The van der Waals surface area contributed by atoms with Crippen molar-refractivity contribution < 1.29 is 58.2 Å². The first-order valence-corrected chi connectivity index (χ1v) is 22.2. The predicted octanol–water partition coefficient (Wildman–Crippen LogP) is -0.414. The summed E-state index contributed by atoms with van der Waals surface area (Å²) in [6, 6.07) is 7.88. The molecule has 1 aliphatic heterocycles. The summed E-state index contributed by atoms with van der Waals surface area (Å²) in [4.78, 5) is 80.8. The Hall–Kier alpha value is -7.71. The molecule has 1 saturated heterocycles. The molecule has 6 aromatic rings. The number of aromatic amines is 2. The van der Waals surface area contributed by atoms with E-state index in [0.717, 1.165) is 0 Å². The van der Waals surface area contributed by atoms with E-state index in [0.29, 0.717) is 41.0 Å². The number of aliphatic hydroxyl groups excluding tert-OH is 3. The van der Waals surface area contributed by atoms with E-state index in [2.05, 4.69) is 35.5 Å². The van der Waals surface area contributed by atoms with Gasteiger partial charge in [0.25, 0.3) is 11.8 Å². The molecule has 0 bridgehead atoms. The number of hydrogen-bond donors (Lipinski definition) is 8. The summed E-state index contributed by atoms with van der Waals surface area (Å²) in [5.74, 6) is -3.01. The fourth-order valence-electron chi connectivity index (χ4n) is 8.17. The highest BCUT2D eigenvalue weighted by Crippen LogP contribution is 2.28. The molecule has 4 aromatic heterocycles. The van der Waals surface area contributed by atoms with Gasteiger partial charge in [0.15, 0.2) is 6.29 Å². The minimum atomic E-state index is -1.54. The lowest BCUT2D eigenvalue weighted by Crippen LogP contribution is -2.64. The number of nitrogens with one attached hydrogen (secondary N) is 3. The van der Waals surface area contributed by atoms with E-state index in [1.54, 1.807) is 47.3 Å². The van der Waals surface area contributed by atoms with Crippen LogP contribution in [0, 0.1) is 13.8 Å². The molecule has 0 radical (unpaired) electrons. The third kappa shape index (κ3) is 10.3. The zero-order chi connectivity index (χ0) is 50.6. The third-order valence-corrected chi connectivity index (χ3v) is 11.5. The maximum atomic E-state index is 13.9. The highest BCUT2D eigenvalue weighted by Gasteiger charge is 2.45. The van der Waals surface area contributed by atoms with E-state index in [4.69, 9.17) is 30.4 Å². The van der Waals surface area contributed by atoms with Gasteiger partial charge in [0, 0.05) is 44.4 Å². The van der Waals surface area contributed by atoms with Gasteiger partial charge in [-0.05, 0) is 64.1 Å². The summed E-state index contributed by atoms with van der Waals surface area (Å²) in [7, 11) is 2.70. The Morgan fingerprint density at radius 1 is 0.786 bits per heavy atom. The Balaban J connectivity index is 1.27. The number of ether oxygens (including phenoxy) is 4. The number of nitrogens with zero attached hydrogens (tertiary/aromatic N) is 8. The van der Waals surface area contributed by atoms with Gasteiger partial charge in [-0.25, -0.2) is 0 Å². The van der Waals surface area contributed by atoms with Crippen LogP contribution < -0.4 is 37.5 Å². The Labute approximate surface area is 398 Å². The number of amides is 5. The topological polar surface area (TPSA) is 349 Å². The summed E-state index contributed by atoms with van der Waals surface area (Å²) < 4.78 is 29.0. The average Bonchev–Trinajstić information content (AvgIpc) is 4.10. The summed E-state index contributed by atoms with van der Waals surface area (Å²) in [6.45, 7) is 7.19. The summed E-state index contributed by atoms with van der Waals surface area (Å²) >= 11 is 0. The molecule has 0 spiro atoms. The number of hydrogen-bond acceptors (Lipinski definition) is 14. The molecule has 1 aliphatic rings. The molecule has 372 valence electrons. The van der Waals surface area contributed by atoms with Gasteiger partial charge in [-0.2, -0.15) is 20.2 Å². The fraction of sp³-hybridized carbons (Fsp3) is 0.400. The van der Waals surface area contributed by atoms with Gasteiger partial charge in [0.05, 0.1) is 49.2 Å². The van der Waals surface area contributed by atoms with Crippen molar-refractivity contribution in [3.8, 4) is 11.5 Å². The number of imidazole rings is 2. The second-order valence-electron chi connectivity index (χ2n) is 16.2. The van der Waals surface area contributed by atoms with Crippen LogP contribution in [0.4, 0.5) is 0 Å². The Bertz CT molecular complexity index is 3150. The van der Waals surface area contributed by atoms with Crippen molar-refractivity contribution >= 4 is 51.6 Å². The SMILES string of the molecule is CCn1nc(C)cc1C(=O)/N=c1/[nH]c2cc(C(N)=O)cc(OC)c2n1C/C=C/Cn1/c(=N/C(=O)c2cc(C)nn2CC)[nH]c2cc(C(N)=O)cc(OCCC(=O)N[C@H]3[C@@H](OC)O[C@H](CO)[C@@H](O)[C@@H]3O)c21. The Morgan fingerprint density at radius 2 is 1.29 bits per heavy atom. The van der Waals surface area contributed by atoms with Crippen molar-refractivity contribution in [2.75, 3.05) is 27.4 Å². The van der Waals surface area contributed by atoms with Crippen LogP contribution in [-0.4, -0.2) is 142 Å². The fourth-order valence-corrected chi connectivity index (χ4v) is 8.17. The molecule has 5 amide bonds. The van der Waals surface area contributed by atoms with E-state index < -0.39 is 66.8 Å². The van der Waals surface area contributed by atoms with Crippen LogP contribution >= 0.6 is 0 Å². The number of aryl methyl sites for hydroxylation is 4. The first-order valence-electron chi connectivity index (χ1n) is 22.2. The van der Waals surface area contributed by atoms with Gasteiger partial charge in [0.1, 0.15) is 58.3 Å². The van der Waals surface area contributed by atoms with Crippen molar-refractivity contribution in [2.24, 2.45) is 21.5 Å². The maximum Gasteiger partial charge on any atom is 0.298 e. The molecule has 0 unspecified atom stereocenters. The molecule has 2 aromatic carbocycles. The highest BCUT2D eigenvalue weighted by atomic mass is 16.7. The van der Waals surface area contributed by atoms with Crippen LogP contribution in [0.25, 0.3) is 22.1 Å². The number of benzene rings is 2. The van der Waals surface area contributed by atoms with Crippen LogP contribution in [0.3, 0.4) is 0 Å². The average molecular weight is 970 g/mol. The zero-order valence-corrected chi connectivity index (χ0v) is 39.2. The van der Waals surface area contributed by atoms with Gasteiger partial charge >= 0.3 is 0 Å². The summed E-state index contributed by atoms with van der Waals surface area (Å²) in [5.41, 5.74) is 14.9. The quantitative estimate of drug-likeness (QED) is 0.0508. The van der Waals surface area contributed by atoms with Crippen molar-refractivity contribution in [3.63, 3.8) is 0 Å². The molecule has 0 aliphatic carbocycles. The lowest BCUT2D eigenvalue weighted by Gasteiger charge is -2.41. The largest absolute Gasteiger partial charge is 0.494 e. The van der Waals surface area contributed by atoms with Crippen LogP contribution in [0.15, 0.2) is 58.5 Å². The predicted molar refractivity (Wildman–Crippen MR) is 247 cm³/mol. The molecular weight excluding hydrogens is 915 g/mol. The molecule has 5 atom stereocenters. The van der Waals surface area contributed by atoms with Gasteiger partial charge in [0.2, 0.25) is 29.0 Å². The number of fused-ring (bicyclic) bond motifs is 2. The van der Waals surface area contributed by atoms with Crippen LogP contribution in [0.1, 0.15) is 73.3 Å². The van der Waals surface area contributed by atoms with E-state index in [1.807, 2.05) is 13.8 Å². The molecule has 5 heterocycles. The molecule has 1 fully saturated rings. The van der Waals surface area contributed by atoms with Crippen LogP contribution in [-0.2, 0) is 40.4 Å². The zero-order valence-electron chi connectivity index (χ0n) is 39.2. The summed E-state index contributed by atoms with van der Waals surface area (Å²) in [5, 5.41) is 42.1. The smallest absolute Gasteiger partial charge is 0.298 e. The Kier molecular flexibility index (Phi) is 15.3. The number of nitrogens with two attached hydrogens (primary N) is 2. The van der Waals surface area contributed by atoms with Crippen molar-refractivity contribution in [1.29, 1.82) is 0 Å². The van der Waals surface area contributed by atoms with Crippen molar-refractivity contribution in [3.05, 3.63) is 93.7 Å². The van der Waals surface area contributed by atoms with Gasteiger partial charge < -0.3 is 70.2 Å². The standard InChI is InChI=1S/C45H55N13O12/c1-7-57-28(15-22(3)53-57)41(65)51-44-48-26-17-24(39(46)63)19-30(67-5)35(26)55(44)12-9-10-13-56-36-27(49-45(56)52-42(66)29-16-23(4)54-58(29)8-2)18-25(40(47)64)20-31(36)69-14-11-33(60)50-34-38(62)37(61)32(21-59)70-43(34)68-6/h9-10,15-20,32,34,37-38,43,59,61-62H,7-8,11-14,21H2,1-6H3,(H2,46,63)(H2,47,64)(H,50,60)(H,48,51,65)(H,49,52,66)/b10-9+/t32-,34-,37-,38-,43+/m1/s1. The number of primary amides is 2. The Morgan fingerprint density at radius 3 is 1.74 bits per heavy atom. The van der Waals surface area contributed by atoms with E-state index in [1.165, 1.54) is 47.8 Å². The second-order valence-corrected chi connectivity index (χ2v) is 16.2. The maximum absolute atomic E-state index is 13.9. The molecule has 0 saturated carbocycles. The molecule has 25 nitrogen and oxygen atoms in total.